The number of hydrogen-bond donors (Lipinski definition) is 2. The summed E-state index contributed by atoms with van der Waals surface area (Å²) >= 11 is 0. The summed E-state index contributed by atoms with van der Waals surface area (Å²) in [6, 6.07) is 6.64. The second kappa shape index (κ2) is 6.75. The number of halogens is 1. The van der Waals surface area contributed by atoms with E-state index in [1.165, 1.54) is 30.3 Å². The average Bonchev–Trinajstić information content (AvgIpc) is 2.87. The van der Waals surface area contributed by atoms with Crippen molar-refractivity contribution in [2.45, 2.75) is 19.4 Å². The predicted octanol–water partition coefficient (Wildman–Crippen LogP) is 1.78. The van der Waals surface area contributed by atoms with E-state index in [2.05, 4.69) is 20.6 Å². The van der Waals surface area contributed by atoms with Gasteiger partial charge in [-0.3, -0.25) is 4.79 Å². The third kappa shape index (κ3) is 4.50. The van der Waals surface area contributed by atoms with Crippen LogP contribution in [0.4, 0.5) is 16.0 Å². The number of benzene rings is 1. The van der Waals surface area contributed by atoms with E-state index in [0.29, 0.717) is 17.8 Å². The van der Waals surface area contributed by atoms with Crippen LogP contribution in [0.25, 0.3) is 0 Å². The van der Waals surface area contributed by atoms with Crippen LogP contribution in [0.5, 0.6) is 0 Å². The summed E-state index contributed by atoms with van der Waals surface area (Å²) in [7, 11) is -3.02. The number of nitrogens with one attached hydrogen (secondary N) is 2. The molecule has 2 N–H and O–H groups in total. The van der Waals surface area contributed by atoms with Gasteiger partial charge in [-0.05, 0) is 43.7 Å². The van der Waals surface area contributed by atoms with Crippen LogP contribution in [-0.4, -0.2) is 41.8 Å². The zero-order valence-electron chi connectivity index (χ0n) is 13.5. The minimum absolute atomic E-state index is 0.0292. The van der Waals surface area contributed by atoms with Gasteiger partial charge in [-0.1, -0.05) is 0 Å². The van der Waals surface area contributed by atoms with Gasteiger partial charge in [0.2, 0.25) is 5.95 Å². The molecular formula is C16H17FN4O3S. The highest BCUT2D eigenvalue weighted by atomic mass is 32.2. The SMILES string of the molecule is Cc1cc(C(=O)Nc2ccc(F)cc2)nc(NC2CCS(=O)(=O)C2)n1. The molecule has 2 aromatic rings. The van der Waals surface area contributed by atoms with Crippen LogP contribution in [0.3, 0.4) is 0 Å². The Labute approximate surface area is 144 Å². The van der Waals surface area contributed by atoms with Crippen molar-refractivity contribution in [3.05, 3.63) is 47.5 Å². The predicted molar refractivity (Wildman–Crippen MR) is 91.8 cm³/mol. The fourth-order valence-electron chi connectivity index (χ4n) is 2.57. The Morgan fingerprint density at radius 1 is 1.24 bits per heavy atom. The lowest BCUT2D eigenvalue weighted by molar-refractivity contribution is 0.102. The van der Waals surface area contributed by atoms with Gasteiger partial charge < -0.3 is 10.6 Å². The molecule has 3 rings (SSSR count). The van der Waals surface area contributed by atoms with Gasteiger partial charge in [0.1, 0.15) is 11.5 Å². The molecule has 9 heteroatoms. The zero-order valence-corrected chi connectivity index (χ0v) is 14.3. The lowest BCUT2D eigenvalue weighted by Crippen LogP contribution is -2.23. The van der Waals surface area contributed by atoms with Gasteiger partial charge in [0.15, 0.2) is 9.84 Å². The van der Waals surface area contributed by atoms with Gasteiger partial charge in [0, 0.05) is 17.4 Å². The van der Waals surface area contributed by atoms with Crippen LogP contribution in [0.15, 0.2) is 30.3 Å². The monoisotopic (exact) mass is 364 g/mol. The summed E-state index contributed by atoms with van der Waals surface area (Å²) in [5.74, 6) is -0.477. The number of aryl methyl sites for hydroxylation is 1. The van der Waals surface area contributed by atoms with Crippen molar-refractivity contribution in [1.29, 1.82) is 0 Å². The molecule has 0 aliphatic carbocycles. The molecule has 1 fully saturated rings. The first-order valence-corrected chi connectivity index (χ1v) is 9.52. The number of anilines is 2. The van der Waals surface area contributed by atoms with Crippen molar-refractivity contribution < 1.29 is 17.6 Å². The summed E-state index contributed by atoms with van der Waals surface area (Å²) in [5.41, 5.74) is 1.15. The third-order valence-corrected chi connectivity index (χ3v) is 5.52. The molecule has 1 saturated heterocycles. The molecule has 2 heterocycles. The summed E-state index contributed by atoms with van der Waals surface area (Å²) < 4.78 is 36.0. The van der Waals surface area contributed by atoms with Gasteiger partial charge in [0.25, 0.3) is 5.91 Å². The van der Waals surface area contributed by atoms with Crippen molar-refractivity contribution in [2.24, 2.45) is 0 Å². The second-order valence-corrected chi connectivity index (χ2v) is 8.15. The van der Waals surface area contributed by atoms with Gasteiger partial charge in [-0.2, -0.15) is 0 Å². The normalized spacial score (nSPS) is 18.7. The number of amides is 1. The minimum atomic E-state index is -3.02. The first-order chi connectivity index (χ1) is 11.8. The largest absolute Gasteiger partial charge is 0.350 e. The van der Waals surface area contributed by atoms with E-state index in [-0.39, 0.29) is 29.2 Å². The van der Waals surface area contributed by atoms with Crippen LogP contribution in [-0.2, 0) is 9.84 Å². The Balaban J connectivity index is 1.74. The van der Waals surface area contributed by atoms with Gasteiger partial charge in [-0.15, -0.1) is 0 Å². The molecule has 1 aromatic carbocycles. The summed E-state index contributed by atoms with van der Waals surface area (Å²) in [5, 5.41) is 5.60. The molecule has 1 aliphatic rings. The van der Waals surface area contributed by atoms with Gasteiger partial charge in [0.05, 0.1) is 11.5 Å². The topological polar surface area (TPSA) is 101 Å². The molecule has 1 aliphatic heterocycles. The first kappa shape index (κ1) is 17.3. The number of rotatable bonds is 4. The van der Waals surface area contributed by atoms with E-state index >= 15 is 0 Å². The second-order valence-electron chi connectivity index (χ2n) is 5.92. The van der Waals surface area contributed by atoms with Crippen molar-refractivity contribution >= 4 is 27.4 Å². The summed E-state index contributed by atoms with van der Waals surface area (Å²) in [6.45, 7) is 1.72. The smallest absolute Gasteiger partial charge is 0.274 e. The van der Waals surface area contributed by atoms with Gasteiger partial charge >= 0.3 is 0 Å². The first-order valence-electron chi connectivity index (χ1n) is 7.70. The maximum atomic E-state index is 12.9. The molecule has 132 valence electrons. The molecule has 1 aromatic heterocycles. The Hall–Kier alpha value is -2.55. The molecule has 1 amide bonds. The van der Waals surface area contributed by atoms with E-state index in [4.69, 9.17) is 0 Å². The van der Waals surface area contributed by atoms with Crippen LogP contribution in [0, 0.1) is 12.7 Å². The van der Waals surface area contributed by atoms with E-state index in [1.54, 1.807) is 6.92 Å². The van der Waals surface area contributed by atoms with Crippen molar-refractivity contribution in [1.82, 2.24) is 9.97 Å². The molecule has 7 nitrogen and oxygen atoms in total. The number of aromatic nitrogens is 2. The molecule has 0 spiro atoms. The van der Waals surface area contributed by atoms with Crippen molar-refractivity contribution in [2.75, 3.05) is 22.1 Å². The van der Waals surface area contributed by atoms with E-state index in [1.807, 2.05) is 0 Å². The Bertz CT molecular complexity index is 900. The molecular weight excluding hydrogens is 347 g/mol. The molecule has 1 unspecified atom stereocenters. The van der Waals surface area contributed by atoms with Gasteiger partial charge in [-0.25, -0.2) is 22.8 Å². The fraction of sp³-hybridized carbons (Fsp3) is 0.312. The zero-order chi connectivity index (χ0) is 18.0. The third-order valence-electron chi connectivity index (χ3n) is 3.75. The van der Waals surface area contributed by atoms with Crippen LogP contribution < -0.4 is 10.6 Å². The highest BCUT2D eigenvalue weighted by Crippen LogP contribution is 2.16. The maximum Gasteiger partial charge on any atom is 0.274 e. The Morgan fingerprint density at radius 2 is 1.96 bits per heavy atom. The average molecular weight is 364 g/mol. The number of hydrogen-bond acceptors (Lipinski definition) is 6. The lowest BCUT2D eigenvalue weighted by Gasteiger charge is -2.12. The fourth-order valence-corrected chi connectivity index (χ4v) is 4.24. The highest BCUT2D eigenvalue weighted by molar-refractivity contribution is 7.91. The molecule has 0 saturated carbocycles. The maximum absolute atomic E-state index is 12.9. The highest BCUT2D eigenvalue weighted by Gasteiger charge is 2.28. The van der Waals surface area contributed by atoms with Crippen molar-refractivity contribution in [3.63, 3.8) is 0 Å². The number of nitrogens with zero attached hydrogens (tertiary/aromatic N) is 2. The molecule has 25 heavy (non-hydrogen) atoms. The Kier molecular flexibility index (Phi) is 4.67. The van der Waals surface area contributed by atoms with E-state index in [0.717, 1.165) is 0 Å². The molecule has 0 radical (unpaired) electrons. The van der Waals surface area contributed by atoms with Crippen LogP contribution in [0.2, 0.25) is 0 Å². The van der Waals surface area contributed by atoms with Crippen LogP contribution >= 0.6 is 0 Å². The van der Waals surface area contributed by atoms with E-state index in [9.17, 15) is 17.6 Å². The molecule has 1 atom stereocenters. The summed E-state index contributed by atoms with van der Waals surface area (Å²) in [6.07, 6.45) is 0.483. The van der Waals surface area contributed by atoms with Crippen LogP contribution in [0.1, 0.15) is 22.6 Å². The standard InChI is InChI=1S/C16H17FN4O3S/c1-10-8-14(15(22)19-12-4-2-11(17)3-5-12)21-16(18-10)20-13-6-7-25(23,24)9-13/h2-5,8,13H,6-7,9H2,1H3,(H,19,22)(H,18,20,21). The van der Waals surface area contributed by atoms with E-state index < -0.39 is 21.6 Å². The van der Waals surface area contributed by atoms with Crippen molar-refractivity contribution in [3.8, 4) is 0 Å². The number of carbonyl (C=O) groups is 1. The Morgan fingerprint density at radius 3 is 2.60 bits per heavy atom. The molecule has 0 bridgehead atoms. The summed E-state index contributed by atoms with van der Waals surface area (Å²) in [4.78, 5) is 20.7. The minimum Gasteiger partial charge on any atom is -0.350 e. The lowest BCUT2D eigenvalue weighted by atomic mass is 10.2. The quantitative estimate of drug-likeness (QED) is 0.858. The number of sulfone groups is 1. The number of carbonyl (C=O) groups excluding carboxylic acids is 1.